The lowest BCUT2D eigenvalue weighted by Gasteiger charge is -2.44. The van der Waals surface area contributed by atoms with E-state index in [1.54, 1.807) is 0 Å². The molecule has 0 amide bonds. The minimum atomic E-state index is -0.392. The molecule has 0 spiro atoms. The van der Waals surface area contributed by atoms with Crippen LogP contribution in [0.1, 0.15) is 49.8 Å². The van der Waals surface area contributed by atoms with E-state index in [1.807, 2.05) is 0 Å². The number of ether oxygens (including phenoxy) is 1. The number of aryl methyl sites for hydroxylation is 1. The Morgan fingerprint density at radius 1 is 1.24 bits per heavy atom. The molecule has 116 valence electrons. The van der Waals surface area contributed by atoms with Crippen LogP contribution in [-0.2, 0) is 11.2 Å². The van der Waals surface area contributed by atoms with Crippen molar-refractivity contribution >= 4 is 0 Å². The molecular weight excluding hydrogens is 262 g/mol. The molecule has 0 bridgehead atoms. The molecule has 1 N–H and O–H groups in total. The summed E-state index contributed by atoms with van der Waals surface area (Å²) >= 11 is 0. The Kier molecular flexibility index (Phi) is 4.94. The molecule has 21 heavy (non-hydrogen) atoms. The van der Waals surface area contributed by atoms with Crippen LogP contribution in [0.2, 0.25) is 0 Å². The summed E-state index contributed by atoms with van der Waals surface area (Å²) in [4.78, 5) is 2.45. The van der Waals surface area contributed by atoms with Gasteiger partial charge in [0, 0.05) is 19.1 Å². The summed E-state index contributed by atoms with van der Waals surface area (Å²) in [6.07, 6.45) is 6.02. The van der Waals surface area contributed by atoms with Crippen LogP contribution in [-0.4, -0.2) is 41.8 Å². The number of benzene rings is 1. The summed E-state index contributed by atoms with van der Waals surface area (Å²) in [6, 6.07) is 8.91. The van der Waals surface area contributed by atoms with E-state index in [2.05, 4.69) is 36.1 Å². The van der Waals surface area contributed by atoms with Gasteiger partial charge in [0.2, 0.25) is 0 Å². The van der Waals surface area contributed by atoms with Gasteiger partial charge in [-0.15, -0.1) is 0 Å². The number of aliphatic hydroxyl groups excluding tert-OH is 1. The lowest BCUT2D eigenvalue weighted by atomic mass is 9.89. The first-order chi connectivity index (χ1) is 10.3. The first-order valence-corrected chi connectivity index (χ1v) is 8.40. The van der Waals surface area contributed by atoms with E-state index < -0.39 is 6.10 Å². The van der Waals surface area contributed by atoms with Crippen molar-refractivity contribution < 1.29 is 9.84 Å². The van der Waals surface area contributed by atoms with Crippen LogP contribution in [0.25, 0.3) is 0 Å². The average Bonchev–Trinajstić information content (AvgIpc) is 2.55. The predicted octanol–water partition coefficient (Wildman–Crippen LogP) is 2.93. The minimum absolute atomic E-state index is 0.391. The minimum Gasteiger partial charge on any atom is -0.387 e. The maximum atomic E-state index is 10.5. The number of hydrogen-bond donors (Lipinski definition) is 1. The van der Waals surface area contributed by atoms with E-state index in [0.717, 1.165) is 31.7 Å². The molecule has 3 atom stereocenters. The topological polar surface area (TPSA) is 32.7 Å². The molecule has 1 aromatic rings. The molecule has 3 nitrogen and oxygen atoms in total. The van der Waals surface area contributed by atoms with Gasteiger partial charge in [-0.3, -0.25) is 4.90 Å². The van der Waals surface area contributed by atoms with Crippen LogP contribution in [0.5, 0.6) is 0 Å². The highest BCUT2D eigenvalue weighted by Crippen LogP contribution is 2.29. The number of β-amino-alcohol motifs (C(OH)–C–C–N with tert-alkyl or cyclic N) is 1. The fourth-order valence-electron chi connectivity index (χ4n) is 3.71. The fraction of sp³-hybridized carbons (Fsp3) is 0.667. The van der Waals surface area contributed by atoms with Crippen molar-refractivity contribution in [2.45, 2.75) is 57.3 Å². The van der Waals surface area contributed by atoms with Crippen molar-refractivity contribution in [3.8, 4) is 0 Å². The van der Waals surface area contributed by atoms with E-state index in [0.29, 0.717) is 12.1 Å². The Bertz CT molecular complexity index is 443. The second-order valence-corrected chi connectivity index (χ2v) is 6.37. The van der Waals surface area contributed by atoms with Crippen molar-refractivity contribution in [2.75, 3.05) is 19.7 Å². The molecule has 1 aromatic carbocycles. The van der Waals surface area contributed by atoms with Gasteiger partial charge >= 0.3 is 0 Å². The molecule has 1 saturated carbocycles. The van der Waals surface area contributed by atoms with Crippen molar-refractivity contribution in [3.63, 3.8) is 0 Å². The second-order valence-electron chi connectivity index (χ2n) is 6.37. The molecular formula is C18H27NO2. The molecule has 0 radical (unpaired) electrons. The fourth-order valence-corrected chi connectivity index (χ4v) is 3.71. The smallest absolute Gasteiger partial charge is 0.0917 e. The van der Waals surface area contributed by atoms with Gasteiger partial charge in [0.15, 0.2) is 0 Å². The van der Waals surface area contributed by atoms with Gasteiger partial charge in [-0.25, -0.2) is 0 Å². The van der Waals surface area contributed by atoms with Gasteiger partial charge in [-0.2, -0.15) is 0 Å². The summed E-state index contributed by atoms with van der Waals surface area (Å²) in [6.45, 7) is 4.65. The highest BCUT2D eigenvalue weighted by Gasteiger charge is 2.34. The number of fused-ring (bicyclic) bond motifs is 1. The van der Waals surface area contributed by atoms with Gasteiger partial charge in [0.05, 0.1) is 18.8 Å². The maximum Gasteiger partial charge on any atom is 0.0917 e. The van der Waals surface area contributed by atoms with Gasteiger partial charge in [0.1, 0.15) is 0 Å². The molecule has 1 aliphatic heterocycles. The molecule has 0 aromatic heterocycles. The van der Waals surface area contributed by atoms with E-state index in [-0.39, 0.29) is 0 Å². The number of nitrogens with zero attached hydrogens (tertiary/aromatic N) is 1. The first kappa shape index (κ1) is 15.0. The molecule has 3 heteroatoms. The van der Waals surface area contributed by atoms with E-state index in [4.69, 9.17) is 4.74 Å². The maximum absolute atomic E-state index is 10.5. The number of rotatable bonds is 4. The van der Waals surface area contributed by atoms with Crippen molar-refractivity contribution in [2.24, 2.45) is 0 Å². The molecule has 1 aliphatic carbocycles. The van der Waals surface area contributed by atoms with Crippen LogP contribution >= 0.6 is 0 Å². The standard InChI is InChI=1S/C18H27NO2/c1-2-14-7-9-15(10-8-14)17(20)13-19-11-12-21-18-6-4-3-5-16(18)19/h7-10,16-18,20H,2-6,11-13H2,1H3. The largest absolute Gasteiger partial charge is 0.387 e. The van der Waals surface area contributed by atoms with Gasteiger partial charge in [0.25, 0.3) is 0 Å². The van der Waals surface area contributed by atoms with Crippen molar-refractivity contribution in [1.29, 1.82) is 0 Å². The lowest BCUT2D eigenvalue weighted by Crippen LogP contribution is -2.53. The monoisotopic (exact) mass is 289 g/mol. The molecule has 1 saturated heterocycles. The Hall–Kier alpha value is -0.900. The molecule has 3 unspecified atom stereocenters. The molecule has 2 aliphatic rings. The summed E-state index contributed by atoms with van der Waals surface area (Å²) < 4.78 is 5.91. The average molecular weight is 289 g/mol. The SMILES string of the molecule is CCc1ccc(C(O)CN2CCOC3CCCCC32)cc1. The second kappa shape index (κ2) is 6.91. The third-order valence-electron chi connectivity index (χ3n) is 5.03. The Balaban J connectivity index is 1.63. The van der Waals surface area contributed by atoms with Crippen LogP contribution in [0.3, 0.4) is 0 Å². The third-order valence-corrected chi connectivity index (χ3v) is 5.03. The Morgan fingerprint density at radius 2 is 2.00 bits per heavy atom. The van der Waals surface area contributed by atoms with Gasteiger partial charge in [-0.1, -0.05) is 44.0 Å². The summed E-state index contributed by atoms with van der Waals surface area (Å²) in [7, 11) is 0. The summed E-state index contributed by atoms with van der Waals surface area (Å²) in [5.41, 5.74) is 2.36. The zero-order chi connectivity index (χ0) is 14.7. The summed E-state index contributed by atoms with van der Waals surface area (Å²) in [5, 5.41) is 10.5. The molecule has 3 rings (SSSR count). The highest BCUT2D eigenvalue weighted by molar-refractivity contribution is 5.24. The van der Waals surface area contributed by atoms with Crippen LogP contribution in [0, 0.1) is 0 Å². The third kappa shape index (κ3) is 3.47. The lowest BCUT2D eigenvalue weighted by molar-refractivity contribution is -0.0974. The summed E-state index contributed by atoms with van der Waals surface area (Å²) in [5.74, 6) is 0. The quantitative estimate of drug-likeness (QED) is 0.925. The molecule has 2 fully saturated rings. The zero-order valence-electron chi connectivity index (χ0n) is 13.0. The Morgan fingerprint density at radius 3 is 2.76 bits per heavy atom. The van der Waals surface area contributed by atoms with Crippen LogP contribution in [0.4, 0.5) is 0 Å². The van der Waals surface area contributed by atoms with E-state index >= 15 is 0 Å². The van der Waals surface area contributed by atoms with Crippen LogP contribution < -0.4 is 0 Å². The van der Waals surface area contributed by atoms with E-state index in [1.165, 1.54) is 31.2 Å². The number of hydrogen-bond acceptors (Lipinski definition) is 3. The highest BCUT2D eigenvalue weighted by atomic mass is 16.5. The predicted molar refractivity (Wildman–Crippen MR) is 84.3 cm³/mol. The molecule has 1 heterocycles. The normalized spacial score (nSPS) is 28.1. The van der Waals surface area contributed by atoms with Gasteiger partial charge in [-0.05, 0) is 30.4 Å². The first-order valence-electron chi connectivity index (χ1n) is 8.40. The van der Waals surface area contributed by atoms with Crippen LogP contribution in [0.15, 0.2) is 24.3 Å². The van der Waals surface area contributed by atoms with E-state index in [9.17, 15) is 5.11 Å². The zero-order valence-corrected chi connectivity index (χ0v) is 13.0. The number of morpholine rings is 1. The van der Waals surface area contributed by atoms with Crippen molar-refractivity contribution in [3.05, 3.63) is 35.4 Å². The van der Waals surface area contributed by atoms with Crippen molar-refractivity contribution in [1.82, 2.24) is 4.90 Å². The van der Waals surface area contributed by atoms with Gasteiger partial charge < -0.3 is 9.84 Å². The number of aliphatic hydroxyl groups is 1. The Labute approximate surface area is 127 Å².